The minimum Gasteiger partial charge on any atom is -0.467 e. The number of alkyl halides is 6. The van der Waals surface area contributed by atoms with Gasteiger partial charge in [-0.25, -0.2) is 9.59 Å². The first-order valence-corrected chi connectivity index (χ1v) is 11.1. The first-order valence-electron chi connectivity index (χ1n) is 9.71. The first-order chi connectivity index (χ1) is 15.9. The number of benzene rings is 1. The third-order valence-corrected chi connectivity index (χ3v) is 5.31. The van der Waals surface area contributed by atoms with Crippen LogP contribution >= 0.6 is 11.8 Å². The van der Waals surface area contributed by atoms with Gasteiger partial charge in [-0.15, -0.1) is 0 Å². The largest absolute Gasteiger partial charge is 0.467 e. The van der Waals surface area contributed by atoms with Crippen molar-refractivity contribution in [1.82, 2.24) is 15.6 Å². The van der Waals surface area contributed by atoms with Crippen LogP contribution in [0.25, 0.3) is 0 Å². The number of halogens is 6. The smallest absolute Gasteiger partial charge is 0.418 e. The molecule has 0 saturated heterocycles. The summed E-state index contributed by atoms with van der Waals surface area (Å²) in [6, 6.07) is 1.39. The molecular formula is C21H21F6N3O3S. The maximum atomic E-state index is 13.6. The second-order valence-corrected chi connectivity index (χ2v) is 7.95. The number of pyridine rings is 1. The first kappa shape index (κ1) is 27.3. The second kappa shape index (κ2) is 11.4. The molecule has 1 unspecified atom stereocenters. The number of methoxy groups -OCH3 is 1. The van der Waals surface area contributed by atoms with E-state index in [-0.39, 0.29) is 12.0 Å². The van der Waals surface area contributed by atoms with Crippen LogP contribution in [0.4, 0.5) is 31.1 Å². The van der Waals surface area contributed by atoms with Gasteiger partial charge in [-0.2, -0.15) is 38.1 Å². The van der Waals surface area contributed by atoms with Crippen molar-refractivity contribution in [3.63, 3.8) is 0 Å². The fourth-order valence-electron chi connectivity index (χ4n) is 3.02. The maximum Gasteiger partial charge on any atom is 0.418 e. The molecule has 1 aromatic heterocycles. The topological polar surface area (TPSA) is 80.3 Å². The Bertz CT molecular complexity index is 983. The summed E-state index contributed by atoms with van der Waals surface area (Å²) < 4.78 is 84.3. The van der Waals surface area contributed by atoms with E-state index in [1.807, 2.05) is 0 Å². The molecule has 13 heteroatoms. The highest BCUT2D eigenvalue weighted by Gasteiger charge is 2.37. The predicted octanol–water partition coefficient (Wildman–Crippen LogP) is 4.80. The van der Waals surface area contributed by atoms with Crippen LogP contribution in [0.5, 0.6) is 0 Å². The SMILES string of the molecule is COC(=O)C(CCSC)NC(=O)N[C@@H](c1ccc(C(F)(F)F)cc1)c1ncccc1C(F)(F)F. The summed E-state index contributed by atoms with van der Waals surface area (Å²) in [4.78, 5) is 28.4. The van der Waals surface area contributed by atoms with Crippen LogP contribution < -0.4 is 10.6 Å². The van der Waals surface area contributed by atoms with E-state index in [0.29, 0.717) is 17.9 Å². The molecule has 2 N–H and O–H groups in total. The van der Waals surface area contributed by atoms with Crippen LogP contribution in [0.15, 0.2) is 42.6 Å². The molecule has 34 heavy (non-hydrogen) atoms. The highest BCUT2D eigenvalue weighted by atomic mass is 32.2. The summed E-state index contributed by atoms with van der Waals surface area (Å²) in [5.74, 6) is -0.287. The molecule has 0 radical (unpaired) electrons. The number of urea groups is 1. The summed E-state index contributed by atoms with van der Waals surface area (Å²) in [6.07, 6.45) is -6.49. The van der Waals surface area contributed by atoms with Crippen molar-refractivity contribution in [2.45, 2.75) is 30.9 Å². The lowest BCUT2D eigenvalue weighted by atomic mass is 9.98. The van der Waals surface area contributed by atoms with Gasteiger partial charge in [0.05, 0.1) is 30.0 Å². The lowest BCUT2D eigenvalue weighted by Gasteiger charge is -2.24. The molecule has 6 nitrogen and oxygen atoms in total. The standard InChI is InChI=1S/C21H21F6N3O3S/c1-33-18(31)15(9-11-34-2)29-19(32)30-16(12-5-7-13(8-6-12)20(22,23)24)17-14(21(25,26)27)4-3-10-28-17/h3-8,10,15-16H,9,11H2,1-2H3,(H2,29,30,32)/t15?,16-/m0/s1. The van der Waals surface area contributed by atoms with Gasteiger partial charge >= 0.3 is 24.4 Å². The molecule has 0 bridgehead atoms. The van der Waals surface area contributed by atoms with Gasteiger partial charge in [0.1, 0.15) is 6.04 Å². The Labute approximate surface area is 195 Å². The molecule has 2 aromatic rings. The molecule has 1 heterocycles. The molecule has 0 aliphatic rings. The summed E-state index contributed by atoms with van der Waals surface area (Å²) in [5.41, 5.74) is -2.89. The molecule has 0 aliphatic carbocycles. The number of nitrogens with one attached hydrogen (secondary N) is 2. The third-order valence-electron chi connectivity index (χ3n) is 4.67. The Hall–Kier alpha value is -2.96. The van der Waals surface area contributed by atoms with E-state index in [4.69, 9.17) is 0 Å². The van der Waals surface area contributed by atoms with E-state index in [2.05, 4.69) is 20.4 Å². The third kappa shape index (κ3) is 7.27. The monoisotopic (exact) mass is 509 g/mol. The molecule has 1 aromatic carbocycles. The number of nitrogens with zero attached hydrogens (tertiary/aromatic N) is 1. The quantitative estimate of drug-likeness (QED) is 0.395. The van der Waals surface area contributed by atoms with Crippen molar-refractivity contribution in [2.24, 2.45) is 0 Å². The molecular weight excluding hydrogens is 488 g/mol. The summed E-state index contributed by atoms with van der Waals surface area (Å²) in [7, 11) is 1.11. The maximum absolute atomic E-state index is 13.6. The van der Waals surface area contributed by atoms with E-state index >= 15 is 0 Å². The van der Waals surface area contributed by atoms with Gasteiger partial charge in [0, 0.05) is 6.20 Å². The number of carbonyl (C=O) groups excluding carboxylic acids is 2. The number of ether oxygens (including phenoxy) is 1. The fourth-order valence-corrected chi connectivity index (χ4v) is 3.49. The van der Waals surface area contributed by atoms with Crippen LogP contribution in [0.2, 0.25) is 0 Å². The van der Waals surface area contributed by atoms with Crippen molar-refractivity contribution < 1.29 is 40.7 Å². The van der Waals surface area contributed by atoms with Gasteiger partial charge in [0.25, 0.3) is 0 Å². The lowest BCUT2D eigenvalue weighted by molar-refractivity contribution is -0.143. The van der Waals surface area contributed by atoms with Crippen molar-refractivity contribution in [1.29, 1.82) is 0 Å². The zero-order chi connectivity index (χ0) is 25.5. The molecule has 0 saturated carbocycles. The van der Waals surface area contributed by atoms with Gasteiger partial charge < -0.3 is 15.4 Å². The zero-order valence-electron chi connectivity index (χ0n) is 18.0. The van der Waals surface area contributed by atoms with Gasteiger partial charge in [-0.05, 0) is 48.3 Å². The number of rotatable bonds is 8. The molecule has 186 valence electrons. The van der Waals surface area contributed by atoms with Gasteiger partial charge in [-0.1, -0.05) is 12.1 Å². The number of thioether (sulfide) groups is 1. The normalized spacial score (nSPS) is 13.6. The Morgan fingerprint density at radius 2 is 1.68 bits per heavy atom. The van der Waals surface area contributed by atoms with E-state index < -0.39 is 53.3 Å². The number of hydrogen-bond donors (Lipinski definition) is 2. The number of carbonyl (C=O) groups is 2. The lowest BCUT2D eigenvalue weighted by Crippen LogP contribution is -2.48. The van der Waals surface area contributed by atoms with E-state index in [1.54, 1.807) is 6.26 Å². The summed E-state index contributed by atoms with van der Waals surface area (Å²) >= 11 is 1.39. The van der Waals surface area contributed by atoms with Crippen molar-refractivity contribution in [3.05, 3.63) is 65.0 Å². The predicted molar refractivity (Wildman–Crippen MR) is 113 cm³/mol. The molecule has 0 fully saturated rings. The summed E-state index contributed by atoms with van der Waals surface area (Å²) in [5, 5.41) is 4.64. The van der Waals surface area contributed by atoms with E-state index in [0.717, 1.165) is 37.6 Å². The average Bonchev–Trinajstić information content (AvgIpc) is 2.78. The van der Waals surface area contributed by atoms with Crippen LogP contribution in [0.3, 0.4) is 0 Å². The van der Waals surface area contributed by atoms with Gasteiger partial charge in [0.2, 0.25) is 0 Å². The number of aromatic nitrogens is 1. The van der Waals surface area contributed by atoms with Crippen molar-refractivity contribution >= 4 is 23.8 Å². The summed E-state index contributed by atoms with van der Waals surface area (Å²) in [6.45, 7) is 0. The van der Waals surface area contributed by atoms with Gasteiger partial charge in [-0.3, -0.25) is 4.98 Å². The molecule has 0 aliphatic heterocycles. The minimum atomic E-state index is -4.85. The highest BCUT2D eigenvalue weighted by molar-refractivity contribution is 7.98. The Morgan fingerprint density at radius 1 is 1.03 bits per heavy atom. The fraction of sp³-hybridized carbons (Fsp3) is 0.381. The van der Waals surface area contributed by atoms with Crippen LogP contribution in [0.1, 0.15) is 34.8 Å². The Morgan fingerprint density at radius 3 is 2.21 bits per heavy atom. The van der Waals surface area contributed by atoms with Crippen molar-refractivity contribution in [2.75, 3.05) is 19.1 Å². The molecule has 0 spiro atoms. The number of hydrogen-bond acceptors (Lipinski definition) is 5. The zero-order valence-corrected chi connectivity index (χ0v) is 18.8. The molecule has 2 amide bonds. The number of amides is 2. The highest BCUT2D eigenvalue weighted by Crippen LogP contribution is 2.36. The van der Waals surface area contributed by atoms with Crippen molar-refractivity contribution in [3.8, 4) is 0 Å². The van der Waals surface area contributed by atoms with Crippen LogP contribution in [-0.4, -0.2) is 42.1 Å². The molecule has 2 atom stereocenters. The van der Waals surface area contributed by atoms with E-state index in [9.17, 15) is 35.9 Å². The Balaban J connectivity index is 2.44. The van der Waals surface area contributed by atoms with Crippen LogP contribution in [-0.2, 0) is 21.9 Å². The van der Waals surface area contributed by atoms with E-state index in [1.165, 1.54) is 11.8 Å². The Kier molecular flexibility index (Phi) is 9.19. The van der Waals surface area contributed by atoms with Crippen LogP contribution in [0, 0.1) is 0 Å². The minimum absolute atomic E-state index is 0.0777. The average molecular weight is 509 g/mol. The van der Waals surface area contributed by atoms with Gasteiger partial charge in [0.15, 0.2) is 0 Å². The molecule has 2 rings (SSSR count). The number of esters is 1. The second-order valence-electron chi connectivity index (χ2n) is 6.96.